The second kappa shape index (κ2) is 5.89. The molecule has 0 aromatic carbocycles. The molecular formula is C11H19FO2. The van der Waals surface area contributed by atoms with E-state index in [2.05, 4.69) is 0 Å². The number of halogens is 1. The van der Waals surface area contributed by atoms with Crippen LogP contribution in [0.2, 0.25) is 0 Å². The highest BCUT2D eigenvalue weighted by atomic mass is 19.1. The average Bonchev–Trinajstić information content (AvgIpc) is 2.23. The first kappa shape index (κ1) is 13.3. The molecule has 0 radical (unpaired) electrons. The third-order valence-corrected chi connectivity index (χ3v) is 2.70. The van der Waals surface area contributed by atoms with Crippen molar-refractivity contribution in [2.45, 2.75) is 46.7 Å². The first-order chi connectivity index (χ1) is 6.45. The Balaban J connectivity index is 4.39. The SMILES string of the molecule is CCC(C)C(=O)C(F)C(=O)C(C)CC. The molecule has 0 heterocycles. The first-order valence-electron chi connectivity index (χ1n) is 5.17. The number of hydrogen-bond acceptors (Lipinski definition) is 2. The lowest BCUT2D eigenvalue weighted by Crippen LogP contribution is -2.33. The number of carbonyl (C=O) groups is 2. The summed E-state index contributed by atoms with van der Waals surface area (Å²) in [5.41, 5.74) is 0. The summed E-state index contributed by atoms with van der Waals surface area (Å²) >= 11 is 0. The van der Waals surface area contributed by atoms with E-state index >= 15 is 0 Å². The first-order valence-corrected chi connectivity index (χ1v) is 5.17. The standard InChI is InChI=1S/C11H19FO2/c1-5-7(3)10(13)9(12)11(14)8(4)6-2/h7-9H,5-6H2,1-4H3. The highest BCUT2D eigenvalue weighted by Crippen LogP contribution is 2.14. The van der Waals surface area contributed by atoms with Crippen molar-refractivity contribution in [1.82, 2.24) is 0 Å². The van der Waals surface area contributed by atoms with Crippen LogP contribution in [0, 0.1) is 11.8 Å². The van der Waals surface area contributed by atoms with Gasteiger partial charge in [-0.2, -0.15) is 0 Å². The lowest BCUT2D eigenvalue weighted by molar-refractivity contribution is -0.138. The molecule has 0 aliphatic rings. The van der Waals surface area contributed by atoms with E-state index in [1.165, 1.54) is 0 Å². The van der Waals surface area contributed by atoms with Gasteiger partial charge >= 0.3 is 0 Å². The molecule has 2 nitrogen and oxygen atoms in total. The predicted octanol–water partition coefficient (Wildman–Crippen LogP) is 2.55. The summed E-state index contributed by atoms with van der Waals surface area (Å²) in [7, 11) is 0. The minimum absolute atomic E-state index is 0.363. The molecule has 0 aliphatic carbocycles. The Hall–Kier alpha value is -0.730. The Kier molecular flexibility index (Phi) is 5.58. The van der Waals surface area contributed by atoms with E-state index in [-0.39, 0.29) is 11.8 Å². The largest absolute Gasteiger partial charge is 0.296 e. The fourth-order valence-electron chi connectivity index (χ4n) is 1.04. The van der Waals surface area contributed by atoms with Gasteiger partial charge in [-0.3, -0.25) is 9.59 Å². The van der Waals surface area contributed by atoms with Gasteiger partial charge in [0.1, 0.15) is 0 Å². The van der Waals surface area contributed by atoms with Crippen LogP contribution in [0.15, 0.2) is 0 Å². The molecule has 0 aliphatic heterocycles. The Morgan fingerprint density at radius 2 is 1.29 bits per heavy atom. The Morgan fingerprint density at radius 3 is 1.50 bits per heavy atom. The van der Waals surface area contributed by atoms with Gasteiger partial charge in [0.05, 0.1) is 0 Å². The summed E-state index contributed by atoms with van der Waals surface area (Å²) in [5.74, 6) is -1.87. The molecule has 0 spiro atoms. The van der Waals surface area contributed by atoms with Crippen LogP contribution in [0.25, 0.3) is 0 Å². The van der Waals surface area contributed by atoms with E-state index in [0.29, 0.717) is 12.8 Å². The number of carbonyl (C=O) groups excluding carboxylic acids is 2. The predicted molar refractivity (Wildman–Crippen MR) is 53.8 cm³/mol. The maximum absolute atomic E-state index is 13.4. The van der Waals surface area contributed by atoms with Gasteiger partial charge in [0.25, 0.3) is 0 Å². The zero-order chi connectivity index (χ0) is 11.3. The number of rotatable bonds is 6. The molecule has 3 heteroatoms. The zero-order valence-corrected chi connectivity index (χ0v) is 9.34. The third-order valence-electron chi connectivity index (χ3n) is 2.70. The zero-order valence-electron chi connectivity index (χ0n) is 9.34. The Morgan fingerprint density at radius 1 is 1.00 bits per heavy atom. The molecule has 0 fully saturated rings. The van der Waals surface area contributed by atoms with E-state index < -0.39 is 17.7 Å². The van der Waals surface area contributed by atoms with Crippen LogP contribution < -0.4 is 0 Å². The third kappa shape index (κ3) is 3.20. The van der Waals surface area contributed by atoms with Crippen LogP contribution in [-0.4, -0.2) is 17.7 Å². The van der Waals surface area contributed by atoms with E-state index in [0.717, 1.165) is 0 Å². The van der Waals surface area contributed by atoms with Gasteiger partial charge in [-0.25, -0.2) is 4.39 Å². The second-order valence-corrected chi connectivity index (χ2v) is 3.79. The van der Waals surface area contributed by atoms with Crippen LogP contribution in [-0.2, 0) is 9.59 Å². The molecule has 0 saturated heterocycles. The monoisotopic (exact) mass is 202 g/mol. The minimum Gasteiger partial charge on any atom is -0.296 e. The van der Waals surface area contributed by atoms with Gasteiger partial charge in [-0.1, -0.05) is 27.7 Å². The van der Waals surface area contributed by atoms with Crippen molar-refractivity contribution in [2.24, 2.45) is 11.8 Å². The van der Waals surface area contributed by atoms with E-state index in [4.69, 9.17) is 0 Å². The molecule has 2 unspecified atom stereocenters. The Bertz CT molecular complexity index is 191. The molecule has 0 amide bonds. The number of alkyl halides is 1. The number of ketones is 2. The van der Waals surface area contributed by atoms with Crippen molar-refractivity contribution in [3.05, 3.63) is 0 Å². The molecule has 0 N–H and O–H groups in total. The molecule has 0 saturated carbocycles. The molecule has 14 heavy (non-hydrogen) atoms. The van der Waals surface area contributed by atoms with Crippen molar-refractivity contribution in [3.8, 4) is 0 Å². The summed E-state index contributed by atoms with van der Waals surface area (Å²) in [6.07, 6.45) is -0.764. The van der Waals surface area contributed by atoms with Gasteiger partial charge in [-0.05, 0) is 12.8 Å². The summed E-state index contributed by atoms with van der Waals surface area (Å²) in [4.78, 5) is 22.7. The molecule has 0 aromatic rings. The Labute approximate surface area is 84.9 Å². The summed E-state index contributed by atoms with van der Waals surface area (Å²) in [6.45, 7) is 6.92. The number of hydrogen-bond donors (Lipinski definition) is 0. The van der Waals surface area contributed by atoms with Crippen LogP contribution >= 0.6 is 0 Å². The minimum atomic E-state index is -1.92. The van der Waals surface area contributed by atoms with Crippen molar-refractivity contribution >= 4 is 11.6 Å². The van der Waals surface area contributed by atoms with Crippen LogP contribution in [0.4, 0.5) is 4.39 Å². The fraction of sp³-hybridized carbons (Fsp3) is 0.818. The highest BCUT2D eigenvalue weighted by Gasteiger charge is 2.31. The molecule has 82 valence electrons. The van der Waals surface area contributed by atoms with Gasteiger partial charge in [-0.15, -0.1) is 0 Å². The van der Waals surface area contributed by atoms with Crippen molar-refractivity contribution in [1.29, 1.82) is 0 Å². The molecule has 0 rings (SSSR count). The lowest BCUT2D eigenvalue weighted by Gasteiger charge is -2.14. The van der Waals surface area contributed by atoms with E-state index in [1.807, 2.05) is 13.8 Å². The quantitative estimate of drug-likeness (QED) is 0.620. The second-order valence-electron chi connectivity index (χ2n) is 3.79. The molecule has 0 bridgehead atoms. The van der Waals surface area contributed by atoms with Gasteiger partial charge in [0.15, 0.2) is 11.6 Å². The molecular weight excluding hydrogens is 183 g/mol. The van der Waals surface area contributed by atoms with E-state index in [1.54, 1.807) is 13.8 Å². The van der Waals surface area contributed by atoms with Gasteiger partial charge in [0.2, 0.25) is 6.17 Å². The van der Waals surface area contributed by atoms with Crippen LogP contribution in [0.1, 0.15) is 40.5 Å². The summed E-state index contributed by atoms with van der Waals surface area (Å²) < 4.78 is 13.4. The average molecular weight is 202 g/mol. The summed E-state index contributed by atoms with van der Waals surface area (Å²) in [6, 6.07) is 0. The highest BCUT2D eigenvalue weighted by molar-refractivity contribution is 6.06. The maximum Gasteiger partial charge on any atom is 0.216 e. The lowest BCUT2D eigenvalue weighted by atomic mass is 9.92. The van der Waals surface area contributed by atoms with Crippen LogP contribution in [0.3, 0.4) is 0 Å². The molecule has 0 aromatic heterocycles. The number of Topliss-reactive ketones (excluding diaryl/α,β-unsaturated/α-hetero) is 2. The van der Waals surface area contributed by atoms with E-state index in [9.17, 15) is 14.0 Å². The van der Waals surface area contributed by atoms with Crippen molar-refractivity contribution in [2.75, 3.05) is 0 Å². The topological polar surface area (TPSA) is 34.1 Å². The normalized spacial score (nSPS) is 17.2. The maximum atomic E-state index is 13.4. The van der Waals surface area contributed by atoms with Crippen molar-refractivity contribution in [3.63, 3.8) is 0 Å². The summed E-state index contributed by atoms with van der Waals surface area (Å²) in [5, 5.41) is 0. The van der Waals surface area contributed by atoms with Gasteiger partial charge in [0, 0.05) is 11.8 Å². The van der Waals surface area contributed by atoms with Gasteiger partial charge < -0.3 is 0 Å². The van der Waals surface area contributed by atoms with Crippen molar-refractivity contribution < 1.29 is 14.0 Å². The molecule has 2 atom stereocenters. The smallest absolute Gasteiger partial charge is 0.216 e. The van der Waals surface area contributed by atoms with Crippen LogP contribution in [0.5, 0.6) is 0 Å². The fourth-order valence-corrected chi connectivity index (χ4v) is 1.04.